The van der Waals surface area contributed by atoms with Crippen LogP contribution in [0.3, 0.4) is 0 Å². The maximum absolute atomic E-state index is 11.5. The average molecular weight is 365 g/mol. The predicted molar refractivity (Wildman–Crippen MR) is 94.1 cm³/mol. The molecule has 0 amide bonds. The zero-order valence-corrected chi connectivity index (χ0v) is 14.9. The lowest BCUT2D eigenvalue weighted by atomic mass is 10.2. The highest BCUT2D eigenvalue weighted by molar-refractivity contribution is 6.30. The number of carbonyl (C=O) groups is 1. The fourth-order valence-electron chi connectivity index (χ4n) is 2.79. The maximum Gasteiger partial charge on any atom is 0.379 e. The van der Waals surface area contributed by atoms with E-state index in [-0.39, 0.29) is 5.82 Å². The van der Waals surface area contributed by atoms with Gasteiger partial charge in [0.1, 0.15) is 0 Å². The summed E-state index contributed by atoms with van der Waals surface area (Å²) < 4.78 is 9.96. The second-order valence-electron chi connectivity index (χ2n) is 5.79. The first-order valence-corrected chi connectivity index (χ1v) is 8.76. The quantitative estimate of drug-likeness (QED) is 0.728. The monoisotopic (exact) mass is 364 g/mol. The third kappa shape index (κ3) is 4.70. The normalized spacial score (nSPS) is 15.4. The number of esters is 1. The van der Waals surface area contributed by atoms with E-state index in [1.807, 2.05) is 18.2 Å². The molecule has 1 aromatic heterocycles. The molecule has 1 saturated heterocycles. The molecule has 1 fully saturated rings. The van der Waals surface area contributed by atoms with Gasteiger partial charge in [0.15, 0.2) is 0 Å². The van der Waals surface area contributed by atoms with Crippen LogP contribution in [0.2, 0.25) is 5.02 Å². The molecule has 1 aliphatic heterocycles. The Hall–Kier alpha value is -2.12. The molecule has 0 unspecified atom stereocenters. The predicted octanol–water partition coefficient (Wildman–Crippen LogP) is 2.26. The van der Waals surface area contributed by atoms with E-state index in [0.717, 1.165) is 43.4 Å². The zero-order valence-electron chi connectivity index (χ0n) is 14.2. The molecule has 0 N–H and O–H groups in total. The Morgan fingerprint density at radius 1 is 1.32 bits per heavy atom. The van der Waals surface area contributed by atoms with Gasteiger partial charge in [-0.3, -0.25) is 4.90 Å². The van der Waals surface area contributed by atoms with Gasteiger partial charge in [0.05, 0.1) is 6.61 Å². The Bertz CT molecular complexity index is 713. The van der Waals surface area contributed by atoms with Crippen molar-refractivity contribution in [2.24, 2.45) is 0 Å². The molecule has 0 aliphatic carbocycles. The standard InChI is InChI=1S/C17H21ClN4O3/c1-2-24-17(23)16-19-15(25-20-16)6-7-21-8-10-22(11-9-21)14-5-3-4-13(18)12-14/h3-5,12H,2,6-11H2,1H3. The minimum absolute atomic E-state index is 0.0115. The second kappa shape index (κ2) is 8.31. The number of aromatic nitrogens is 2. The number of ether oxygens (including phenoxy) is 1. The Balaban J connectivity index is 1.46. The van der Waals surface area contributed by atoms with Gasteiger partial charge in [0.25, 0.3) is 5.82 Å². The van der Waals surface area contributed by atoms with Crippen LogP contribution >= 0.6 is 11.6 Å². The van der Waals surface area contributed by atoms with Gasteiger partial charge in [-0.1, -0.05) is 17.7 Å². The molecule has 0 atom stereocenters. The molecule has 1 aliphatic rings. The minimum Gasteiger partial charge on any atom is -0.460 e. The number of halogens is 1. The van der Waals surface area contributed by atoms with E-state index in [1.54, 1.807) is 6.92 Å². The van der Waals surface area contributed by atoms with Crippen LogP contribution in [0.5, 0.6) is 0 Å². The molecular formula is C17H21ClN4O3. The molecule has 0 radical (unpaired) electrons. The van der Waals surface area contributed by atoms with Gasteiger partial charge in [-0.05, 0) is 30.3 Å². The van der Waals surface area contributed by atoms with E-state index in [4.69, 9.17) is 20.9 Å². The third-order valence-corrected chi connectivity index (χ3v) is 4.35. The summed E-state index contributed by atoms with van der Waals surface area (Å²) in [4.78, 5) is 20.3. The highest BCUT2D eigenvalue weighted by Gasteiger charge is 2.19. The van der Waals surface area contributed by atoms with E-state index >= 15 is 0 Å². The number of carbonyl (C=O) groups excluding carboxylic acids is 1. The second-order valence-corrected chi connectivity index (χ2v) is 6.23. The molecule has 134 valence electrons. The third-order valence-electron chi connectivity index (χ3n) is 4.11. The van der Waals surface area contributed by atoms with Crippen molar-refractivity contribution in [1.29, 1.82) is 0 Å². The van der Waals surface area contributed by atoms with Crippen LogP contribution in [0, 0.1) is 0 Å². The molecule has 2 heterocycles. The van der Waals surface area contributed by atoms with Crippen LogP contribution in [-0.4, -0.2) is 60.3 Å². The number of benzene rings is 1. The summed E-state index contributed by atoms with van der Waals surface area (Å²) in [5.41, 5.74) is 1.16. The summed E-state index contributed by atoms with van der Waals surface area (Å²) in [5, 5.41) is 4.42. The van der Waals surface area contributed by atoms with Crippen molar-refractivity contribution in [3.05, 3.63) is 41.0 Å². The summed E-state index contributed by atoms with van der Waals surface area (Å²) in [5.74, 6) is -0.101. The number of hydrogen-bond acceptors (Lipinski definition) is 7. The van der Waals surface area contributed by atoms with Gasteiger partial charge >= 0.3 is 5.97 Å². The van der Waals surface area contributed by atoms with E-state index in [2.05, 4.69) is 26.0 Å². The Morgan fingerprint density at radius 2 is 2.12 bits per heavy atom. The molecule has 0 bridgehead atoms. The average Bonchev–Trinajstić information content (AvgIpc) is 3.10. The first kappa shape index (κ1) is 17.7. The van der Waals surface area contributed by atoms with Gasteiger partial charge < -0.3 is 14.2 Å². The largest absolute Gasteiger partial charge is 0.460 e. The topological polar surface area (TPSA) is 71.7 Å². The molecular weight excluding hydrogens is 344 g/mol. The Kier molecular flexibility index (Phi) is 5.88. The van der Waals surface area contributed by atoms with Gasteiger partial charge in [-0.25, -0.2) is 4.79 Å². The van der Waals surface area contributed by atoms with Gasteiger partial charge in [-0.15, -0.1) is 0 Å². The Labute approximate surface area is 151 Å². The lowest BCUT2D eigenvalue weighted by molar-refractivity contribution is 0.0508. The molecule has 7 nitrogen and oxygen atoms in total. The lowest BCUT2D eigenvalue weighted by Crippen LogP contribution is -2.47. The van der Waals surface area contributed by atoms with Gasteiger partial charge in [0.2, 0.25) is 5.89 Å². The molecule has 0 spiro atoms. The number of rotatable bonds is 6. The number of piperazine rings is 1. The number of hydrogen-bond donors (Lipinski definition) is 0. The van der Waals surface area contributed by atoms with Crippen molar-refractivity contribution in [3.8, 4) is 0 Å². The molecule has 25 heavy (non-hydrogen) atoms. The number of anilines is 1. The van der Waals surface area contributed by atoms with E-state index in [1.165, 1.54) is 0 Å². The summed E-state index contributed by atoms with van der Waals surface area (Å²) >= 11 is 6.06. The highest BCUT2D eigenvalue weighted by atomic mass is 35.5. The lowest BCUT2D eigenvalue weighted by Gasteiger charge is -2.36. The SMILES string of the molecule is CCOC(=O)c1noc(CCN2CCN(c3cccc(Cl)c3)CC2)n1. The fourth-order valence-corrected chi connectivity index (χ4v) is 2.98. The van der Waals surface area contributed by atoms with Crippen LogP contribution in [0.15, 0.2) is 28.8 Å². The van der Waals surface area contributed by atoms with E-state index in [0.29, 0.717) is 18.9 Å². The maximum atomic E-state index is 11.5. The van der Waals surface area contributed by atoms with E-state index in [9.17, 15) is 4.79 Å². The van der Waals surface area contributed by atoms with Crippen molar-refractivity contribution < 1.29 is 14.1 Å². The van der Waals surface area contributed by atoms with Crippen LogP contribution in [-0.2, 0) is 11.2 Å². The van der Waals surface area contributed by atoms with Crippen molar-refractivity contribution in [2.45, 2.75) is 13.3 Å². The Morgan fingerprint density at radius 3 is 2.84 bits per heavy atom. The fraction of sp³-hybridized carbons (Fsp3) is 0.471. The van der Waals surface area contributed by atoms with Crippen LogP contribution in [0.4, 0.5) is 5.69 Å². The zero-order chi connectivity index (χ0) is 17.6. The van der Waals surface area contributed by atoms with E-state index < -0.39 is 5.97 Å². The summed E-state index contributed by atoms with van der Waals surface area (Å²) in [7, 11) is 0. The summed E-state index contributed by atoms with van der Waals surface area (Å²) in [6, 6.07) is 7.93. The first-order chi connectivity index (χ1) is 12.2. The van der Waals surface area contributed by atoms with Gasteiger partial charge in [0, 0.05) is 49.9 Å². The summed E-state index contributed by atoms with van der Waals surface area (Å²) in [6.07, 6.45) is 0.615. The smallest absolute Gasteiger partial charge is 0.379 e. The van der Waals surface area contributed by atoms with Crippen molar-refractivity contribution in [2.75, 3.05) is 44.2 Å². The van der Waals surface area contributed by atoms with Crippen molar-refractivity contribution in [1.82, 2.24) is 15.0 Å². The number of nitrogens with zero attached hydrogens (tertiary/aromatic N) is 4. The molecule has 2 aromatic rings. The van der Waals surface area contributed by atoms with Crippen LogP contribution < -0.4 is 4.90 Å². The molecule has 3 rings (SSSR count). The van der Waals surface area contributed by atoms with Crippen molar-refractivity contribution >= 4 is 23.3 Å². The summed E-state index contributed by atoms with van der Waals surface area (Å²) in [6.45, 7) is 6.63. The molecule has 1 aromatic carbocycles. The first-order valence-electron chi connectivity index (χ1n) is 8.38. The van der Waals surface area contributed by atoms with Crippen molar-refractivity contribution in [3.63, 3.8) is 0 Å². The van der Waals surface area contributed by atoms with Gasteiger partial charge in [-0.2, -0.15) is 4.98 Å². The highest BCUT2D eigenvalue weighted by Crippen LogP contribution is 2.20. The van der Waals surface area contributed by atoms with Crippen LogP contribution in [0.25, 0.3) is 0 Å². The molecule has 8 heteroatoms. The van der Waals surface area contributed by atoms with Crippen LogP contribution in [0.1, 0.15) is 23.4 Å². The minimum atomic E-state index is -0.548. The molecule has 0 saturated carbocycles.